The van der Waals surface area contributed by atoms with Crippen molar-refractivity contribution in [2.45, 2.75) is 19.6 Å². The molecule has 0 saturated carbocycles. The van der Waals surface area contributed by atoms with E-state index < -0.39 is 12.1 Å². The summed E-state index contributed by atoms with van der Waals surface area (Å²) < 4.78 is 14.7. The summed E-state index contributed by atoms with van der Waals surface area (Å²) in [5, 5.41) is 0. The molecule has 108 valence electrons. The summed E-state index contributed by atoms with van der Waals surface area (Å²) in [5.41, 5.74) is 0.886. The lowest BCUT2D eigenvalue weighted by molar-refractivity contribution is -0.139. The van der Waals surface area contributed by atoms with Crippen molar-refractivity contribution >= 4 is 11.8 Å². The molecule has 1 rings (SSSR count). The summed E-state index contributed by atoms with van der Waals surface area (Å²) in [5.74, 6) is -0.889. The second kappa shape index (κ2) is 9.01. The average Bonchev–Trinajstić information content (AvgIpc) is 2.49. The largest absolute Gasteiger partial charge is 0.458 e. The van der Waals surface area contributed by atoms with Gasteiger partial charge in [0.2, 0.25) is 0 Å². The monoisotopic (exact) mass is 278 g/mol. The lowest BCUT2D eigenvalue weighted by atomic mass is 10.2. The summed E-state index contributed by atoms with van der Waals surface area (Å²) in [6, 6.07) is 9.30. The zero-order valence-corrected chi connectivity index (χ0v) is 11.6. The summed E-state index contributed by atoms with van der Waals surface area (Å²) in [7, 11) is 1.47. The number of esters is 1. The highest BCUT2D eigenvalue weighted by Gasteiger charge is 2.10. The van der Waals surface area contributed by atoms with Gasteiger partial charge < -0.3 is 14.2 Å². The molecule has 0 aromatic heterocycles. The Bertz CT molecular complexity index is 453. The minimum absolute atomic E-state index is 0.0270. The number of benzene rings is 1. The molecule has 0 heterocycles. The quantitative estimate of drug-likeness (QED) is 0.412. The van der Waals surface area contributed by atoms with Gasteiger partial charge in [-0.15, -0.1) is 0 Å². The van der Waals surface area contributed by atoms with Crippen LogP contribution in [0.4, 0.5) is 0 Å². The normalized spacial score (nSPS) is 12.3. The van der Waals surface area contributed by atoms with Crippen LogP contribution >= 0.6 is 0 Å². The average molecular weight is 278 g/mol. The van der Waals surface area contributed by atoms with Crippen LogP contribution in [-0.4, -0.2) is 31.8 Å². The maximum Gasteiger partial charge on any atom is 0.331 e. The van der Waals surface area contributed by atoms with Crippen molar-refractivity contribution < 1.29 is 23.8 Å². The molecule has 0 aliphatic heterocycles. The Balaban J connectivity index is 2.34. The lowest BCUT2D eigenvalue weighted by Gasteiger charge is -2.08. The van der Waals surface area contributed by atoms with Crippen LogP contribution in [-0.2, 0) is 30.4 Å². The molecule has 5 heteroatoms. The molecule has 1 aromatic rings. The van der Waals surface area contributed by atoms with Crippen molar-refractivity contribution in [3.05, 3.63) is 48.0 Å². The maximum absolute atomic E-state index is 11.6. The fourth-order valence-corrected chi connectivity index (χ4v) is 1.31. The van der Waals surface area contributed by atoms with Crippen LogP contribution in [0.25, 0.3) is 0 Å². The Hall–Kier alpha value is -1.98. The van der Waals surface area contributed by atoms with E-state index in [1.807, 2.05) is 30.3 Å². The molecular weight excluding hydrogens is 260 g/mol. The number of rotatable bonds is 8. The number of carbonyl (C=O) groups is 2. The lowest BCUT2D eigenvalue weighted by Crippen LogP contribution is -2.20. The van der Waals surface area contributed by atoms with Gasteiger partial charge in [0, 0.05) is 13.2 Å². The van der Waals surface area contributed by atoms with Gasteiger partial charge in [-0.05, 0) is 18.6 Å². The molecule has 1 atom stereocenters. The Kier molecular flexibility index (Phi) is 7.24. The number of hydrogen-bond acceptors (Lipinski definition) is 5. The Labute approximate surface area is 118 Å². The van der Waals surface area contributed by atoms with E-state index in [2.05, 4.69) is 4.74 Å². The van der Waals surface area contributed by atoms with Gasteiger partial charge in [-0.1, -0.05) is 30.3 Å². The van der Waals surface area contributed by atoms with Crippen LogP contribution in [0.3, 0.4) is 0 Å². The van der Waals surface area contributed by atoms with Gasteiger partial charge in [0.15, 0.2) is 5.78 Å². The third-order valence-electron chi connectivity index (χ3n) is 2.44. The smallest absolute Gasteiger partial charge is 0.331 e. The molecule has 0 spiro atoms. The molecule has 0 fully saturated rings. The minimum atomic E-state index is -0.659. The third-order valence-corrected chi connectivity index (χ3v) is 2.44. The van der Waals surface area contributed by atoms with Crippen molar-refractivity contribution in [2.75, 3.05) is 13.9 Å². The number of ketones is 1. The zero-order chi connectivity index (χ0) is 14.8. The second-order valence-electron chi connectivity index (χ2n) is 4.04. The number of carbonyl (C=O) groups excluding carboxylic acids is 2. The fraction of sp³-hybridized carbons (Fsp3) is 0.333. The summed E-state index contributed by atoms with van der Waals surface area (Å²) in [4.78, 5) is 23.0. The fourth-order valence-electron chi connectivity index (χ4n) is 1.31. The molecule has 0 aliphatic carbocycles. The van der Waals surface area contributed by atoms with Gasteiger partial charge in [0.25, 0.3) is 0 Å². The Morgan fingerprint density at radius 3 is 2.55 bits per heavy atom. The second-order valence-corrected chi connectivity index (χ2v) is 4.04. The zero-order valence-electron chi connectivity index (χ0n) is 11.6. The van der Waals surface area contributed by atoms with Gasteiger partial charge in [-0.25, -0.2) is 4.79 Å². The van der Waals surface area contributed by atoms with Crippen molar-refractivity contribution in [1.82, 2.24) is 0 Å². The maximum atomic E-state index is 11.6. The Morgan fingerprint density at radius 1 is 1.20 bits per heavy atom. The highest BCUT2D eigenvalue weighted by molar-refractivity contribution is 5.98. The predicted molar refractivity (Wildman–Crippen MR) is 72.8 cm³/mol. The highest BCUT2D eigenvalue weighted by atomic mass is 16.7. The van der Waals surface area contributed by atoms with Gasteiger partial charge in [0.1, 0.15) is 19.5 Å². The Morgan fingerprint density at radius 2 is 1.90 bits per heavy atom. The van der Waals surface area contributed by atoms with Gasteiger partial charge in [0.05, 0.1) is 0 Å². The molecule has 0 amide bonds. The van der Waals surface area contributed by atoms with E-state index in [-0.39, 0.29) is 19.2 Å². The van der Waals surface area contributed by atoms with E-state index >= 15 is 0 Å². The summed E-state index contributed by atoms with van der Waals surface area (Å²) >= 11 is 0. The predicted octanol–water partition coefficient (Wildman–Crippen LogP) is 1.86. The van der Waals surface area contributed by atoms with Crippen LogP contribution in [0, 0.1) is 0 Å². The van der Waals surface area contributed by atoms with E-state index in [1.165, 1.54) is 7.11 Å². The molecule has 0 aliphatic rings. The van der Waals surface area contributed by atoms with Crippen molar-refractivity contribution in [3.63, 3.8) is 0 Å². The molecule has 1 aromatic carbocycles. The van der Waals surface area contributed by atoms with Gasteiger partial charge >= 0.3 is 5.97 Å². The molecule has 20 heavy (non-hydrogen) atoms. The van der Waals surface area contributed by atoms with Crippen LogP contribution in [0.1, 0.15) is 12.5 Å². The molecule has 0 radical (unpaired) electrons. The third kappa shape index (κ3) is 6.26. The molecular formula is C15H18O5. The summed E-state index contributed by atoms with van der Waals surface area (Å²) in [6.07, 6.45) is 1.58. The molecule has 0 saturated heterocycles. The molecule has 5 nitrogen and oxygen atoms in total. The first-order valence-electron chi connectivity index (χ1n) is 6.16. The number of methoxy groups -OCH3 is 1. The van der Waals surface area contributed by atoms with Crippen LogP contribution in [0.5, 0.6) is 0 Å². The van der Waals surface area contributed by atoms with E-state index in [1.54, 1.807) is 6.92 Å². The molecule has 0 unspecified atom stereocenters. The number of hydrogen-bond donors (Lipinski definition) is 0. The molecule has 0 bridgehead atoms. The van der Waals surface area contributed by atoms with Crippen LogP contribution < -0.4 is 0 Å². The first-order valence-corrected chi connectivity index (χ1v) is 6.16. The van der Waals surface area contributed by atoms with E-state index in [9.17, 15) is 9.59 Å². The van der Waals surface area contributed by atoms with E-state index in [0.717, 1.165) is 17.7 Å². The van der Waals surface area contributed by atoms with Gasteiger partial charge in [-0.3, -0.25) is 4.79 Å². The van der Waals surface area contributed by atoms with Gasteiger partial charge in [-0.2, -0.15) is 0 Å². The van der Waals surface area contributed by atoms with Crippen LogP contribution in [0.2, 0.25) is 0 Å². The SMILES string of the molecule is COCO[C@@H](C)C(=O)/C=C/C(=O)OCc1ccccc1. The standard InChI is InChI=1S/C15H18O5/c1-12(20-11-18-2)14(16)8-9-15(17)19-10-13-6-4-3-5-7-13/h3-9,12H,10-11H2,1-2H3/b9-8+/t12-/m0/s1. The first kappa shape index (κ1) is 16.1. The van der Waals surface area contributed by atoms with E-state index in [0.29, 0.717) is 0 Å². The minimum Gasteiger partial charge on any atom is -0.458 e. The van der Waals surface area contributed by atoms with Crippen molar-refractivity contribution in [2.24, 2.45) is 0 Å². The highest BCUT2D eigenvalue weighted by Crippen LogP contribution is 2.01. The summed E-state index contributed by atoms with van der Waals surface area (Å²) in [6.45, 7) is 1.79. The number of ether oxygens (including phenoxy) is 3. The van der Waals surface area contributed by atoms with E-state index in [4.69, 9.17) is 9.47 Å². The first-order chi connectivity index (χ1) is 9.63. The topological polar surface area (TPSA) is 61.8 Å². The van der Waals surface area contributed by atoms with Crippen molar-refractivity contribution in [3.8, 4) is 0 Å². The van der Waals surface area contributed by atoms with Crippen molar-refractivity contribution in [1.29, 1.82) is 0 Å². The van der Waals surface area contributed by atoms with Crippen LogP contribution in [0.15, 0.2) is 42.5 Å². The molecule has 0 N–H and O–H groups in total.